The SMILES string of the molecule is CC(C)[C@H](O)C(=O)N1CCC2(CC1)CC(=O)N(CCCc1ccccc1)C2. The second-order valence-electron chi connectivity index (χ2n) is 8.60. The van der Waals surface area contributed by atoms with E-state index in [9.17, 15) is 14.7 Å². The summed E-state index contributed by atoms with van der Waals surface area (Å²) in [6.07, 6.45) is 3.37. The lowest BCUT2D eigenvalue weighted by Gasteiger charge is -2.39. The fourth-order valence-electron chi connectivity index (χ4n) is 4.31. The normalized spacial score (nSPS) is 20.5. The lowest BCUT2D eigenvalue weighted by molar-refractivity contribution is -0.144. The fourth-order valence-corrected chi connectivity index (χ4v) is 4.31. The van der Waals surface area contributed by atoms with Gasteiger partial charge in [-0.2, -0.15) is 0 Å². The van der Waals surface area contributed by atoms with Crippen LogP contribution >= 0.6 is 0 Å². The maximum Gasteiger partial charge on any atom is 0.251 e. The quantitative estimate of drug-likeness (QED) is 0.834. The van der Waals surface area contributed by atoms with Gasteiger partial charge in [-0.3, -0.25) is 9.59 Å². The summed E-state index contributed by atoms with van der Waals surface area (Å²) in [4.78, 5) is 28.6. The Labute approximate surface area is 162 Å². The van der Waals surface area contributed by atoms with Gasteiger partial charge in [0.2, 0.25) is 5.91 Å². The number of likely N-dealkylation sites (tertiary alicyclic amines) is 2. The van der Waals surface area contributed by atoms with Crippen molar-refractivity contribution in [3.8, 4) is 0 Å². The summed E-state index contributed by atoms with van der Waals surface area (Å²) >= 11 is 0. The minimum atomic E-state index is -0.918. The van der Waals surface area contributed by atoms with Crippen LogP contribution in [0.1, 0.15) is 45.1 Å². The zero-order valence-electron chi connectivity index (χ0n) is 16.6. The van der Waals surface area contributed by atoms with Crippen LogP contribution in [0, 0.1) is 11.3 Å². The second-order valence-corrected chi connectivity index (χ2v) is 8.60. The third kappa shape index (κ3) is 4.70. The molecule has 1 spiro atoms. The van der Waals surface area contributed by atoms with Crippen molar-refractivity contribution in [2.75, 3.05) is 26.2 Å². The molecule has 3 rings (SSSR count). The Hall–Kier alpha value is -1.88. The van der Waals surface area contributed by atoms with Crippen molar-refractivity contribution in [3.63, 3.8) is 0 Å². The highest BCUT2D eigenvalue weighted by molar-refractivity contribution is 5.81. The van der Waals surface area contributed by atoms with E-state index in [4.69, 9.17) is 0 Å². The molecule has 148 valence electrons. The number of carbonyl (C=O) groups excluding carboxylic acids is 2. The Kier molecular flexibility index (Phi) is 6.20. The van der Waals surface area contributed by atoms with Crippen LogP contribution in [0.15, 0.2) is 30.3 Å². The highest BCUT2D eigenvalue weighted by Gasteiger charge is 2.45. The van der Waals surface area contributed by atoms with Crippen LogP contribution in [0.5, 0.6) is 0 Å². The third-order valence-electron chi connectivity index (χ3n) is 6.16. The molecule has 2 heterocycles. The molecule has 2 aliphatic rings. The van der Waals surface area contributed by atoms with E-state index >= 15 is 0 Å². The van der Waals surface area contributed by atoms with E-state index in [1.54, 1.807) is 4.90 Å². The smallest absolute Gasteiger partial charge is 0.251 e. The molecule has 1 atom stereocenters. The van der Waals surface area contributed by atoms with E-state index < -0.39 is 6.10 Å². The van der Waals surface area contributed by atoms with E-state index in [1.807, 2.05) is 24.8 Å². The molecule has 2 amide bonds. The number of amides is 2. The van der Waals surface area contributed by atoms with Crippen LogP contribution in [-0.4, -0.2) is 59.0 Å². The third-order valence-corrected chi connectivity index (χ3v) is 6.16. The first-order valence-electron chi connectivity index (χ1n) is 10.2. The van der Waals surface area contributed by atoms with Crippen molar-refractivity contribution in [1.29, 1.82) is 0 Å². The number of carbonyl (C=O) groups is 2. The predicted molar refractivity (Wildman–Crippen MR) is 105 cm³/mol. The standard InChI is InChI=1S/C22H32N2O3/c1-17(2)20(26)21(27)23-13-10-22(11-14-23)15-19(25)24(16-22)12-6-9-18-7-4-3-5-8-18/h3-5,7-8,17,20,26H,6,9-16H2,1-2H3/t20-/m0/s1. The van der Waals surface area contributed by atoms with Gasteiger partial charge in [-0.1, -0.05) is 44.2 Å². The molecule has 0 unspecified atom stereocenters. The summed E-state index contributed by atoms with van der Waals surface area (Å²) in [6, 6.07) is 10.4. The summed E-state index contributed by atoms with van der Waals surface area (Å²) in [5, 5.41) is 10.0. The van der Waals surface area contributed by atoms with Gasteiger partial charge in [0.15, 0.2) is 0 Å². The molecule has 1 N–H and O–H groups in total. The molecule has 27 heavy (non-hydrogen) atoms. The van der Waals surface area contributed by atoms with Crippen LogP contribution in [0.2, 0.25) is 0 Å². The molecule has 0 aliphatic carbocycles. The molecule has 0 radical (unpaired) electrons. The van der Waals surface area contributed by atoms with Gasteiger partial charge < -0.3 is 14.9 Å². The van der Waals surface area contributed by atoms with Gasteiger partial charge >= 0.3 is 0 Å². The Morgan fingerprint density at radius 2 is 1.85 bits per heavy atom. The van der Waals surface area contributed by atoms with Gasteiger partial charge in [-0.25, -0.2) is 0 Å². The number of aliphatic hydroxyl groups excluding tert-OH is 1. The lowest BCUT2D eigenvalue weighted by Crippen LogP contribution is -2.48. The monoisotopic (exact) mass is 372 g/mol. The number of piperidine rings is 1. The molecular formula is C22H32N2O3. The van der Waals surface area contributed by atoms with Gasteiger partial charge in [0.25, 0.3) is 5.91 Å². The molecular weight excluding hydrogens is 340 g/mol. The average Bonchev–Trinajstić information content (AvgIpc) is 2.97. The topological polar surface area (TPSA) is 60.9 Å². The van der Waals surface area contributed by atoms with Crippen LogP contribution in [0.4, 0.5) is 0 Å². The summed E-state index contributed by atoms with van der Waals surface area (Å²) in [5.74, 6) is 0.0236. The number of hydrogen-bond acceptors (Lipinski definition) is 3. The van der Waals surface area contributed by atoms with E-state index in [-0.39, 0.29) is 23.1 Å². The Morgan fingerprint density at radius 3 is 2.48 bits per heavy atom. The predicted octanol–water partition coefficient (Wildman–Crippen LogP) is 2.48. The summed E-state index contributed by atoms with van der Waals surface area (Å²) in [7, 11) is 0. The maximum absolute atomic E-state index is 12.5. The van der Waals surface area contributed by atoms with Gasteiger partial charge in [-0.05, 0) is 37.2 Å². The largest absolute Gasteiger partial charge is 0.383 e. The number of aliphatic hydroxyl groups is 1. The molecule has 2 aliphatic heterocycles. The first kappa shape index (κ1) is 19.9. The zero-order chi connectivity index (χ0) is 19.4. The second kappa shape index (κ2) is 8.42. The minimum Gasteiger partial charge on any atom is -0.383 e. The van der Waals surface area contributed by atoms with E-state index in [2.05, 4.69) is 24.3 Å². The molecule has 1 aromatic rings. The van der Waals surface area contributed by atoms with Gasteiger partial charge in [0.1, 0.15) is 6.10 Å². The van der Waals surface area contributed by atoms with Gasteiger partial charge in [0.05, 0.1) is 0 Å². The Bertz CT molecular complexity index is 651. The van der Waals surface area contributed by atoms with Crippen molar-refractivity contribution in [1.82, 2.24) is 9.80 Å². The lowest BCUT2D eigenvalue weighted by atomic mass is 9.77. The molecule has 2 saturated heterocycles. The maximum atomic E-state index is 12.5. The summed E-state index contributed by atoms with van der Waals surface area (Å²) in [6.45, 7) is 6.63. The molecule has 0 saturated carbocycles. The highest BCUT2D eigenvalue weighted by Crippen LogP contribution is 2.41. The van der Waals surface area contributed by atoms with Crippen molar-refractivity contribution in [2.45, 2.75) is 52.1 Å². The molecule has 2 fully saturated rings. The summed E-state index contributed by atoms with van der Waals surface area (Å²) < 4.78 is 0. The van der Waals surface area contributed by atoms with E-state index in [0.717, 1.165) is 38.8 Å². The molecule has 1 aromatic carbocycles. The number of benzene rings is 1. The van der Waals surface area contributed by atoms with E-state index in [1.165, 1.54) is 5.56 Å². The van der Waals surface area contributed by atoms with Crippen LogP contribution < -0.4 is 0 Å². The van der Waals surface area contributed by atoms with Crippen LogP contribution in [0.3, 0.4) is 0 Å². The average molecular weight is 373 g/mol. The summed E-state index contributed by atoms with van der Waals surface area (Å²) in [5.41, 5.74) is 1.33. The van der Waals surface area contributed by atoms with Gasteiger partial charge in [-0.15, -0.1) is 0 Å². The van der Waals surface area contributed by atoms with Crippen LogP contribution in [0.25, 0.3) is 0 Å². The Balaban J connectivity index is 1.48. The van der Waals surface area contributed by atoms with Crippen molar-refractivity contribution in [3.05, 3.63) is 35.9 Å². The highest BCUT2D eigenvalue weighted by atomic mass is 16.3. The fraction of sp³-hybridized carbons (Fsp3) is 0.636. The molecule has 5 heteroatoms. The minimum absolute atomic E-state index is 0.0173. The first-order valence-corrected chi connectivity index (χ1v) is 10.2. The van der Waals surface area contributed by atoms with Crippen molar-refractivity contribution in [2.24, 2.45) is 11.3 Å². The van der Waals surface area contributed by atoms with Gasteiger partial charge in [0, 0.05) is 38.0 Å². The Morgan fingerprint density at radius 1 is 1.19 bits per heavy atom. The molecule has 0 bridgehead atoms. The number of hydrogen-bond donors (Lipinski definition) is 1. The zero-order valence-corrected chi connectivity index (χ0v) is 16.6. The van der Waals surface area contributed by atoms with Crippen LogP contribution in [-0.2, 0) is 16.0 Å². The van der Waals surface area contributed by atoms with Crippen molar-refractivity contribution >= 4 is 11.8 Å². The number of rotatable bonds is 6. The molecule has 5 nitrogen and oxygen atoms in total. The van der Waals surface area contributed by atoms with E-state index in [0.29, 0.717) is 19.5 Å². The number of aryl methyl sites for hydroxylation is 1. The van der Waals surface area contributed by atoms with Crippen molar-refractivity contribution < 1.29 is 14.7 Å². The first-order chi connectivity index (χ1) is 12.9. The number of nitrogens with zero attached hydrogens (tertiary/aromatic N) is 2. The molecule has 0 aromatic heterocycles.